The number of carbonyl (C=O) groups excluding carboxylic acids is 5. The number of rotatable bonds is 9. The lowest BCUT2D eigenvalue weighted by Gasteiger charge is -2.31. The van der Waals surface area contributed by atoms with E-state index in [0.29, 0.717) is 0 Å². The molecule has 0 unspecified atom stereocenters. The Morgan fingerprint density at radius 2 is 1.40 bits per heavy atom. The topological polar surface area (TPSA) is 132 Å². The van der Waals surface area contributed by atoms with Crippen molar-refractivity contribution in [1.29, 1.82) is 0 Å². The van der Waals surface area contributed by atoms with Crippen molar-refractivity contribution in [3.8, 4) is 0 Å². The number of hydrogen-bond donors (Lipinski definition) is 0. The van der Waals surface area contributed by atoms with Gasteiger partial charge in [0.05, 0.1) is 0 Å². The largest absolute Gasteiger partial charge is 0.459 e. The van der Waals surface area contributed by atoms with Crippen LogP contribution < -0.4 is 0 Å². The van der Waals surface area contributed by atoms with E-state index in [1.165, 1.54) is 39.0 Å². The third-order valence-corrected chi connectivity index (χ3v) is 3.79. The van der Waals surface area contributed by atoms with Gasteiger partial charge in [-0.3, -0.25) is 19.2 Å². The van der Waals surface area contributed by atoms with Crippen molar-refractivity contribution in [3.05, 3.63) is 24.3 Å². The lowest BCUT2D eigenvalue weighted by atomic mass is 10.0. The van der Waals surface area contributed by atoms with Gasteiger partial charge < -0.3 is 23.7 Å². The zero-order valence-corrected chi connectivity index (χ0v) is 17.5. The van der Waals surface area contributed by atoms with E-state index < -0.39 is 60.4 Å². The van der Waals surface area contributed by atoms with Gasteiger partial charge >= 0.3 is 29.8 Å². The molecule has 0 bridgehead atoms. The maximum absolute atomic E-state index is 11.6. The van der Waals surface area contributed by atoms with Gasteiger partial charge in [-0.15, -0.1) is 0 Å². The van der Waals surface area contributed by atoms with Crippen molar-refractivity contribution in [3.63, 3.8) is 0 Å². The molecule has 5 atom stereocenters. The highest BCUT2D eigenvalue weighted by Crippen LogP contribution is 2.21. The molecule has 166 valence electrons. The van der Waals surface area contributed by atoms with Crippen molar-refractivity contribution < 1.29 is 47.7 Å². The number of carbonyl (C=O) groups is 5. The van der Waals surface area contributed by atoms with Crippen molar-refractivity contribution in [2.24, 2.45) is 0 Å². The molecule has 10 nitrogen and oxygen atoms in total. The standard InChI is InChI=1S/C20H26O10/c1-11(26-12(2)21)16(27-13(3)22)9-10-18(28-14(4)23)20(29-15(5)24)17-7-6-8-19(25)30-17/h6,8-11,16-18,20H,7H2,1-5H3/b10-9+/t11-,16+,17+,18+,20+/m0/s1. The average molecular weight is 426 g/mol. The molecule has 0 N–H and O–H groups in total. The first-order chi connectivity index (χ1) is 14.0. The molecule has 1 heterocycles. The van der Waals surface area contributed by atoms with Crippen LogP contribution in [0.4, 0.5) is 0 Å². The van der Waals surface area contributed by atoms with E-state index in [2.05, 4.69) is 0 Å². The fourth-order valence-corrected chi connectivity index (χ4v) is 2.72. The molecule has 0 saturated heterocycles. The Bertz CT molecular complexity index is 723. The zero-order valence-electron chi connectivity index (χ0n) is 17.5. The second-order valence-corrected chi connectivity index (χ2v) is 6.54. The summed E-state index contributed by atoms with van der Waals surface area (Å²) in [6.45, 7) is 6.21. The maximum atomic E-state index is 11.6. The van der Waals surface area contributed by atoms with Gasteiger partial charge in [-0.2, -0.15) is 0 Å². The second kappa shape index (κ2) is 11.7. The molecule has 1 aliphatic heterocycles. The van der Waals surface area contributed by atoms with Crippen molar-refractivity contribution in [2.75, 3.05) is 0 Å². The van der Waals surface area contributed by atoms with Gasteiger partial charge in [-0.05, 0) is 19.1 Å². The summed E-state index contributed by atoms with van der Waals surface area (Å²) >= 11 is 0. The first kappa shape index (κ1) is 24.9. The summed E-state index contributed by atoms with van der Waals surface area (Å²) in [5.74, 6) is -3.20. The molecular weight excluding hydrogens is 400 g/mol. The van der Waals surface area contributed by atoms with Crippen molar-refractivity contribution in [2.45, 2.75) is 71.6 Å². The van der Waals surface area contributed by atoms with Crippen LogP contribution in [0.5, 0.6) is 0 Å². The van der Waals surface area contributed by atoms with Crippen LogP contribution >= 0.6 is 0 Å². The Morgan fingerprint density at radius 1 is 0.900 bits per heavy atom. The van der Waals surface area contributed by atoms with E-state index >= 15 is 0 Å². The Labute approximate surface area is 174 Å². The molecule has 30 heavy (non-hydrogen) atoms. The third kappa shape index (κ3) is 8.89. The van der Waals surface area contributed by atoms with E-state index in [4.69, 9.17) is 23.7 Å². The van der Waals surface area contributed by atoms with E-state index in [1.807, 2.05) is 0 Å². The molecule has 0 aromatic carbocycles. The molecule has 0 aromatic rings. The van der Waals surface area contributed by atoms with Gasteiger partial charge in [0.25, 0.3) is 0 Å². The highest BCUT2D eigenvalue weighted by Gasteiger charge is 2.37. The average Bonchev–Trinajstić information content (AvgIpc) is 2.60. The maximum Gasteiger partial charge on any atom is 0.330 e. The van der Waals surface area contributed by atoms with E-state index in [0.717, 1.165) is 13.8 Å². The Balaban J connectivity index is 3.19. The molecule has 0 amide bonds. The molecule has 0 saturated carbocycles. The number of cyclic esters (lactones) is 1. The summed E-state index contributed by atoms with van der Waals surface area (Å²) < 4.78 is 25.9. The summed E-state index contributed by atoms with van der Waals surface area (Å²) in [5, 5.41) is 0. The molecule has 1 rings (SSSR count). The molecule has 0 radical (unpaired) electrons. The lowest BCUT2D eigenvalue weighted by molar-refractivity contribution is -0.178. The summed E-state index contributed by atoms with van der Waals surface area (Å²) in [5.41, 5.74) is 0. The van der Waals surface area contributed by atoms with Crippen LogP contribution in [0, 0.1) is 0 Å². The predicted octanol–water partition coefficient (Wildman–Crippen LogP) is 1.16. The van der Waals surface area contributed by atoms with E-state index in [9.17, 15) is 24.0 Å². The smallest absolute Gasteiger partial charge is 0.330 e. The summed E-state index contributed by atoms with van der Waals surface area (Å²) in [6.07, 6.45) is 0.609. The summed E-state index contributed by atoms with van der Waals surface area (Å²) in [7, 11) is 0. The van der Waals surface area contributed by atoms with Gasteiger partial charge in [0.1, 0.15) is 12.2 Å². The molecule has 0 aromatic heterocycles. The van der Waals surface area contributed by atoms with E-state index in [1.54, 1.807) is 6.08 Å². The summed E-state index contributed by atoms with van der Waals surface area (Å²) in [6, 6.07) is 0. The Kier molecular flexibility index (Phi) is 9.73. The van der Waals surface area contributed by atoms with Gasteiger partial charge in [0, 0.05) is 40.2 Å². The SMILES string of the molecule is CC(=O)O[C@@H]([C@@H](/C=C/[C@@H](OC(C)=O)[C@H](C)OC(C)=O)OC(C)=O)[C@H]1CC=CC(=O)O1. The highest BCUT2D eigenvalue weighted by atomic mass is 16.6. The fraction of sp³-hybridized carbons (Fsp3) is 0.550. The molecular formula is C20H26O10. The van der Waals surface area contributed by atoms with Gasteiger partial charge in [-0.1, -0.05) is 6.08 Å². The third-order valence-electron chi connectivity index (χ3n) is 3.79. The first-order valence-electron chi connectivity index (χ1n) is 9.24. The molecule has 0 fully saturated rings. The predicted molar refractivity (Wildman–Crippen MR) is 101 cm³/mol. The minimum absolute atomic E-state index is 0.229. The van der Waals surface area contributed by atoms with Gasteiger partial charge in [0.2, 0.25) is 0 Å². The van der Waals surface area contributed by atoms with Crippen LogP contribution in [0.1, 0.15) is 41.0 Å². The van der Waals surface area contributed by atoms with Crippen LogP contribution in [0.25, 0.3) is 0 Å². The van der Waals surface area contributed by atoms with Gasteiger partial charge in [-0.25, -0.2) is 4.79 Å². The lowest BCUT2D eigenvalue weighted by Crippen LogP contribution is -2.45. The minimum atomic E-state index is -1.17. The number of hydrogen-bond acceptors (Lipinski definition) is 10. The van der Waals surface area contributed by atoms with Crippen molar-refractivity contribution >= 4 is 29.8 Å². The molecule has 0 aliphatic carbocycles. The Hall–Kier alpha value is -3.17. The van der Waals surface area contributed by atoms with Crippen LogP contribution in [0.3, 0.4) is 0 Å². The van der Waals surface area contributed by atoms with E-state index in [-0.39, 0.29) is 6.42 Å². The molecule has 0 spiro atoms. The summed E-state index contributed by atoms with van der Waals surface area (Å²) in [4.78, 5) is 57.5. The number of esters is 5. The van der Waals surface area contributed by atoms with Crippen LogP contribution in [0.2, 0.25) is 0 Å². The monoisotopic (exact) mass is 426 g/mol. The van der Waals surface area contributed by atoms with Crippen LogP contribution in [-0.2, 0) is 47.7 Å². The normalized spacial score (nSPS) is 19.8. The van der Waals surface area contributed by atoms with Crippen molar-refractivity contribution in [1.82, 2.24) is 0 Å². The molecule has 10 heteroatoms. The highest BCUT2D eigenvalue weighted by molar-refractivity contribution is 5.83. The Morgan fingerprint density at radius 3 is 1.90 bits per heavy atom. The quantitative estimate of drug-likeness (QED) is 0.300. The first-order valence-corrected chi connectivity index (χ1v) is 9.24. The zero-order chi connectivity index (χ0) is 22.8. The second-order valence-electron chi connectivity index (χ2n) is 6.54. The number of ether oxygens (including phenoxy) is 5. The molecule has 1 aliphatic rings. The van der Waals surface area contributed by atoms with Crippen LogP contribution in [-0.4, -0.2) is 60.4 Å². The minimum Gasteiger partial charge on any atom is -0.459 e. The van der Waals surface area contributed by atoms with Gasteiger partial charge in [0.15, 0.2) is 18.3 Å². The van der Waals surface area contributed by atoms with Crippen LogP contribution in [0.15, 0.2) is 24.3 Å². The fourth-order valence-electron chi connectivity index (χ4n) is 2.72.